The van der Waals surface area contributed by atoms with Crippen LogP contribution in [0.1, 0.15) is 45.6 Å². The highest BCUT2D eigenvalue weighted by Gasteiger charge is 2.41. The summed E-state index contributed by atoms with van der Waals surface area (Å²) in [6.45, 7) is 6.04. The van der Waals surface area contributed by atoms with Gasteiger partial charge in [-0.3, -0.25) is 0 Å². The summed E-state index contributed by atoms with van der Waals surface area (Å²) in [4.78, 5) is 21.1. The van der Waals surface area contributed by atoms with E-state index in [2.05, 4.69) is 20.6 Å². The number of furan rings is 1. The molecule has 0 spiro atoms. The van der Waals surface area contributed by atoms with Gasteiger partial charge in [0, 0.05) is 35.1 Å². The maximum atomic E-state index is 12.6. The van der Waals surface area contributed by atoms with Crippen molar-refractivity contribution in [2.24, 2.45) is 0 Å². The number of aromatic nitrogens is 2. The predicted molar refractivity (Wildman–Crippen MR) is 143 cm³/mol. The van der Waals surface area contributed by atoms with Crippen molar-refractivity contribution in [1.29, 1.82) is 0 Å². The van der Waals surface area contributed by atoms with E-state index in [9.17, 15) is 9.90 Å². The SMILES string of the molecule is CC(C)(C)OC(=O)NC1(c2ccc(-c3oc4ncncc4c3-c3ccccc3NCCO)cc2)CCC1. The number of anilines is 1. The van der Waals surface area contributed by atoms with Gasteiger partial charge in [-0.15, -0.1) is 0 Å². The predicted octanol–water partition coefficient (Wildman–Crippen LogP) is 5.86. The highest BCUT2D eigenvalue weighted by molar-refractivity contribution is 6.03. The Hall–Kier alpha value is -3.91. The van der Waals surface area contributed by atoms with Crippen LogP contribution in [0, 0.1) is 0 Å². The molecule has 5 rings (SSSR count). The van der Waals surface area contributed by atoms with Gasteiger partial charge in [-0.2, -0.15) is 0 Å². The monoisotopic (exact) mass is 500 g/mol. The average molecular weight is 501 g/mol. The summed E-state index contributed by atoms with van der Waals surface area (Å²) < 4.78 is 11.8. The third-order valence-corrected chi connectivity index (χ3v) is 6.64. The lowest BCUT2D eigenvalue weighted by Crippen LogP contribution is -2.52. The van der Waals surface area contributed by atoms with Crippen LogP contribution in [0.4, 0.5) is 10.5 Å². The number of hydrogen-bond donors (Lipinski definition) is 3. The molecule has 2 aromatic heterocycles. The lowest BCUT2D eigenvalue weighted by atomic mass is 9.71. The van der Waals surface area contributed by atoms with Gasteiger partial charge in [0.2, 0.25) is 5.71 Å². The summed E-state index contributed by atoms with van der Waals surface area (Å²) in [6, 6.07) is 16.0. The van der Waals surface area contributed by atoms with Gasteiger partial charge in [-0.05, 0) is 51.7 Å². The van der Waals surface area contributed by atoms with Gasteiger partial charge >= 0.3 is 6.09 Å². The van der Waals surface area contributed by atoms with Crippen LogP contribution >= 0.6 is 0 Å². The molecule has 0 bridgehead atoms. The molecular weight excluding hydrogens is 468 g/mol. The van der Waals surface area contributed by atoms with Crippen molar-refractivity contribution in [2.45, 2.75) is 51.2 Å². The van der Waals surface area contributed by atoms with Crippen LogP contribution in [0.15, 0.2) is 65.5 Å². The Morgan fingerprint density at radius 3 is 2.57 bits per heavy atom. The maximum Gasteiger partial charge on any atom is 0.408 e. The number of amides is 1. The number of fused-ring (bicyclic) bond motifs is 1. The molecule has 0 aliphatic heterocycles. The molecule has 37 heavy (non-hydrogen) atoms. The van der Waals surface area contributed by atoms with Gasteiger partial charge < -0.3 is 24.9 Å². The van der Waals surface area contributed by atoms with Gasteiger partial charge in [0.25, 0.3) is 0 Å². The maximum absolute atomic E-state index is 12.6. The van der Waals surface area contributed by atoms with Crippen molar-refractivity contribution in [3.05, 3.63) is 66.6 Å². The molecule has 1 aliphatic carbocycles. The Morgan fingerprint density at radius 1 is 1.14 bits per heavy atom. The molecule has 0 radical (unpaired) electrons. The minimum Gasteiger partial charge on any atom is -0.444 e. The van der Waals surface area contributed by atoms with Crippen LogP contribution in [0.5, 0.6) is 0 Å². The Bertz CT molecular complexity index is 1400. The first-order valence-corrected chi connectivity index (χ1v) is 12.6. The zero-order valence-electron chi connectivity index (χ0n) is 21.4. The molecule has 2 aromatic carbocycles. The molecule has 0 atom stereocenters. The zero-order chi connectivity index (χ0) is 26.0. The number of aliphatic hydroxyl groups is 1. The van der Waals surface area contributed by atoms with Crippen molar-refractivity contribution in [3.8, 4) is 22.5 Å². The molecule has 8 nitrogen and oxygen atoms in total. The summed E-state index contributed by atoms with van der Waals surface area (Å²) in [5.74, 6) is 0.683. The number of carbonyl (C=O) groups is 1. The van der Waals surface area contributed by atoms with Gasteiger partial charge in [0.05, 0.1) is 17.5 Å². The molecule has 0 unspecified atom stereocenters. The molecule has 1 aliphatic rings. The number of para-hydroxylation sites is 1. The Morgan fingerprint density at radius 2 is 1.89 bits per heavy atom. The highest BCUT2D eigenvalue weighted by Crippen LogP contribution is 2.45. The third-order valence-electron chi connectivity index (χ3n) is 6.64. The summed E-state index contributed by atoms with van der Waals surface area (Å²) in [6.07, 6.45) is 5.60. The van der Waals surface area contributed by atoms with Gasteiger partial charge in [0.15, 0.2) is 0 Å². The fourth-order valence-electron chi connectivity index (χ4n) is 4.81. The van der Waals surface area contributed by atoms with E-state index in [-0.39, 0.29) is 6.61 Å². The molecule has 1 amide bonds. The number of nitrogens with zero attached hydrogens (tertiary/aromatic N) is 2. The van der Waals surface area contributed by atoms with E-state index >= 15 is 0 Å². The minimum absolute atomic E-state index is 0.0248. The first kappa shape index (κ1) is 24.8. The second-order valence-corrected chi connectivity index (χ2v) is 10.4. The molecule has 1 saturated carbocycles. The van der Waals surface area contributed by atoms with Crippen LogP contribution in [-0.2, 0) is 10.3 Å². The van der Waals surface area contributed by atoms with Crippen LogP contribution in [0.3, 0.4) is 0 Å². The van der Waals surface area contributed by atoms with Crippen LogP contribution in [0.25, 0.3) is 33.6 Å². The van der Waals surface area contributed by atoms with E-state index in [4.69, 9.17) is 9.15 Å². The topological polar surface area (TPSA) is 110 Å². The van der Waals surface area contributed by atoms with E-state index in [1.165, 1.54) is 6.33 Å². The van der Waals surface area contributed by atoms with Crippen LogP contribution in [-0.4, -0.2) is 39.9 Å². The van der Waals surface area contributed by atoms with Gasteiger partial charge in [-0.25, -0.2) is 14.8 Å². The quantitative estimate of drug-likeness (QED) is 0.291. The zero-order valence-corrected chi connectivity index (χ0v) is 21.4. The number of carbonyl (C=O) groups excluding carboxylic acids is 1. The molecule has 3 N–H and O–H groups in total. The third kappa shape index (κ3) is 5.02. The largest absolute Gasteiger partial charge is 0.444 e. The first-order chi connectivity index (χ1) is 17.8. The van der Waals surface area contributed by atoms with Crippen molar-refractivity contribution in [1.82, 2.24) is 15.3 Å². The first-order valence-electron chi connectivity index (χ1n) is 12.6. The van der Waals surface area contributed by atoms with Gasteiger partial charge in [0.1, 0.15) is 17.7 Å². The van der Waals surface area contributed by atoms with Crippen molar-refractivity contribution in [3.63, 3.8) is 0 Å². The minimum atomic E-state index is -0.554. The van der Waals surface area contributed by atoms with E-state index in [1.54, 1.807) is 6.20 Å². The van der Waals surface area contributed by atoms with E-state index < -0.39 is 17.2 Å². The second-order valence-electron chi connectivity index (χ2n) is 10.4. The fourth-order valence-corrected chi connectivity index (χ4v) is 4.81. The average Bonchev–Trinajstić information content (AvgIpc) is 3.24. The molecule has 1 fully saturated rings. The normalized spacial score (nSPS) is 14.7. The van der Waals surface area contributed by atoms with Crippen molar-refractivity contribution < 1.29 is 19.1 Å². The van der Waals surface area contributed by atoms with Crippen molar-refractivity contribution in [2.75, 3.05) is 18.5 Å². The lowest BCUT2D eigenvalue weighted by molar-refractivity contribution is 0.0377. The number of hydrogen-bond acceptors (Lipinski definition) is 7. The van der Waals surface area contributed by atoms with Crippen LogP contribution in [0.2, 0.25) is 0 Å². The Balaban J connectivity index is 1.52. The van der Waals surface area contributed by atoms with Crippen molar-refractivity contribution >= 4 is 22.9 Å². The molecular formula is C29H32N4O4. The standard InChI is InChI=1S/C29H32N4O4/c1-28(2,3)37-27(35)33-29(13-6-14-29)20-11-9-19(10-12-20)25-24(22-17-30-18-32-26(22)36-25)21-7-4-5-8-23(21)31-15-16-34/h4-5,7-12,17-18,31,34H,6,13-16H2,1-3H3,(H,33,35). The molecule has 4 aromatic rings. The molecule has 0 saturated heterocycles. The fraction of sp³-hybridized carbons (Fsp3) is 0.345. The van der Waals surface area contributed by atoms with E-state index in [1.807, 2.05) is 69.3 Å². The Kier molecular flexibility index (Phi) is 6.60. The number of benzene rings is 2. The molecule has 8 heteroatoms. The number of rotatable bonds is 7. The number of ether oxygens (including phenoxy) is 1. The Labute approximate surface area is 216 Å². The lowest BCUT2D eigenvalue weighted by Gasteiger charge is -2.43. The molecule has 192 valence electrons. The highest BCUT2D eigenvalue weighted by atomic mass is 16.6. The summed E-state index contributed by atoms with van der Waals surface area (Å²) in [5, 5.41) is 16.6. The molecule has 2 heterocycles. The number of alkyl carbamates (subject to hydrolysis) is 1. The number of aliphatic hydroxyl groups excluding tert-OH is 1. The van der Waals surface area contributed by atoms with Gasteiger partial charge in [-0.1, -0.05) is 42.5 Å². The smallest absolute Gasteiger partial charge is 0.408 e. The second kappa shape index (κ2) is 9.86. The summed E-state index contributed by atoms with van der Waals surface area (Å²) in [7, 11) is 0. The summed E-state index contributed by atoms with van der Waals surface area (Å²) in [5.41, 5.74) is 4.15. The van der Waals surface area contributed by atoms with E-state index in [0.29, 0.717) is 18.0 Å². The van der Waals surface area contributed by atoms with Crippen LogP contribution < -0.4 is 10.6 Å². The summed E-state index contributed by atoms with van der Waals surface area (Å²) >= 11 is 0. The number of nitrogens with one attached hydrogen (secondary N) is 2. The van der Waals surface area contributed by atoms with E-state index in [0.717, 1.165) is 52.6 Å².